The van der Waals surface area contributed by atoms with Gasteiger partial charge in [0.05, 0.1) is 4.47 Å². The molecule has 1 aliphatic heterocycles. The Morgan fingerprint density at radius 1 is 1.26 bits per heavy atom. The molecule has 3 rings (SSSR count). The highest BCUT2D eigenvalue weighted by molar-refractivity contribution is 9.10. The molecule has 0 fully saturated rings. The standard InChI is InChI=1S/C14H9BrClFO2/c15-10-2-1-3-12-14(10)19-13(7-18-12)9-5-4-8(16)6-11(9)17/h1-6,13H,7H2. The molecule has 0 aromatic heterocycles. The zero-order valence-corrected chi connectivity index (χ0v) is 12.0. The van der Waals surface area contributed by atoms with E-state index in [-0.39, 0.29) is 6.61 Å². The Morgan fingerprint density at radius 2 is 2.11 bits per heavy atom. The second kappa shape index (κ2) is 5.02. The van der Waals surface area contributed by atoms with Crippen molar-refractivity contribution in [2.75, 3.05) is 6.61 Å². The van der Waals surface area contributed by atoms with Gasteiger partial charge in [-0.1, -0.05) is 23.7 Å². The molecule has 98 valence electrons. The molecular weight excluding hydrogens is 335 g/mol. The highest BCUT2D eigenvalue weighted by Gasteiger charge is 2.26. The Labute approximate surface area is 123 Å². The van der Waals surface area contributed by atoms with Gasteiger partial charge in [-0.05, 0) is 40.2 Å². The average Bonchev–Trinajstić information content (AvgIpc) is 2.39. The van der Waals surface area contributed by atoms with Crippen molar-refractivity contribution < 1.29 is 13.9 Å². The maximum absolute atomic E-state index is 13.9. The molecule has 0 aliphatic carbocycles. The lowest BCUT2D eigenvalue weighted by atomic mass is 10.1. The number of para-hydroxylation sites is 1. The lowest BCUT2D eigenvalue weighted by Crippen LogP contribution is -2.22. The first-order valence-electron chi connectivity index (χ1n) is 5.68. The summed E-state index contributed by atoms with van der Waals surface area (Å²) < 4.78 is 26.1. The van der Waals surface area contributed by atoms with Crippen molar-refractivity contribution >= 4 is 27.5 Å². The van der Waals surface area contributed by atoms with Gasteiger partial charge in [-0.25, -0.2) is 4.39 Å². The van der Waals surface area contributed by atoms with Gasteiger partial charge in [0.1, 0.15) is 12.4 Å². The summed E-state index contributed by atoms with van der Waals surface area (Å²) in [5.41, 5.74) is 0.436. The van der Waals surface area contributed by atoms with Crippen molar-refractivity contribution in [2.24, 2.45) is 0 Å². The number of hydrogen-bond donors (Lipinski definition) is 0. The van der Waals surface area contributed by atoms with E-state index in [0.717, 1.165) is 4.47 Å². The fraction of sp³-hybridized carbons (Fsp3) is 0.143. The first kappa shape index (κ1) is 12.8. The Morgan fingerprint density at radius 3 is 2.89 bits per heavy atom. The van der Waals surface area contributed by atoms with Crippen molar-refractivity contribution in [3.8, 4) is 11.5 Å². The smallest absolute Gasteiger partial charge is 0.176 e. The van der Waals surface area contributed by atoms with Crippen molar-refractivity contribution in [2.45, 2.75) is 6.10 Å². The monoisotopic (exact) mass is 342 g/mol. The number of fused-ring (bicyclic) bond motifs is 1. The van der Waals surface area contributed by atoms with Crippen LogP contribution in [-0.2, 0) is 0 Å². The van der Waals surface area contributed by atoms with E-state index in [1.54, 1.807) is 12.1 Å². The molecule has 2 aromatic carbocycles. The van der Waals surface area contributed by atoms with Gasteiger partial charge in [-0.3, -0.25) is 0 Å². The van der Waals surface area contributed by atoms with Gasteiger partial charge in [0.25, 0.3) is 0 Å². The van der Waals surface area contributed by atoms with E-state index in [0.29, 0.717) is 22.1 Å². The molecule has 0 bridgehead atoms. The summed E-state index contributed by atoms with van der Waals surface area (Å²) in [7, 11) is 0. The summed E-state index contributed by atoms with van der Waals surface area (Å²) >= 11 is 9.13. The fourth-order valence-corrected chi connectivity index (χ4v) is 2.57. The van der Waals surface area contributed by atoms with Crippen LogP contribution < -0.4 is 9.47 Å². The molecule has 2 aromatic rings. The molecule has 0 radical (unpaired) electrons. The van der Waals surface area contributed by atoms with Crippen LogP contribution in [0.1, 0.15) is 11.7 Å². The molecule has 1 heterocycles. The predicted octanol–water partition coefficient (Wildman–Crippen LogP) is 4.75. The first-order valence-corrected chi connectivity index (χ1v) is 6.85. The number of benzene rings is 2. The van der Waals surface area contributed by atoms with Gasteiger partial charge in [0.15, 0.2) is 17.6 Å². The third-order valence-electron chi connectivity index (χ3n) is 2.89. The quantitative estimate of drug-likeness (QED) is 0.743. The van der Waals surface area contributed by atoms with Crippen molar-refractivity contribution in [1.82, 2.24) is 0 Å². The van der Waals surface area contributed by atoms with Gasteiger partial charge >= 0.3 is 0 Å². The minimum absolute atomic E-state index is 0.266. The van der Waals surface area contributed by atoms with Crippen LogP contribution in [0.25, 0.3) is 0 Å². The molecule has 1 unspecified atom stereocenters. The first-order chi connectivity index (χ1) is 9.15. The Bertz CT molecular complexity index is 633. The summed E-state index contributed by atoms with van der Waals surface area (Å²) in [4.78, 5) is 0. The topological polar surface area (TPSA) is 18.5 Å². The number of hydrogen-bond acceptors (Lipinski definition) is 2. The maximum atomic E-state index is 13.9. The molecule has 2 nitrogen and oxygen atoms in total. The van der Waals surface area contributed by atoms with Crippen molar-refractivity contribution in [3.63, 3.8) is 0 Å². The van der Waals surface area contributed by atoms with Crippen molar-refractivity contribution in [1.29, 1.82) is 0 Å². The summed E-state index contributed by atoms with van der Waals surface area (Å²) in [6.07, 6.45) is -0.483. The van der Waals surface area contributed by atoms with E-state index in [9.17, 15) is 4.39 Å². The molecule has 1 atom stereocenters. The van der Waals surface area contributed by atoms with Gasteiger partial charge in [0.2, 0.25) is 0 Å². The van der Waals surface area contributed by atoms with Crippen LogP contribution in [-0.4, -0.2) is 6.61 Å². The highest BCUT2D eigenvalue weighted by Crippen LogP contribution is 2.41. The van der Waals surface area contributed by atoms with Gasteiger partial charge in [-0.15, -0.1) is 0 Å². The molecule has 0 saturated carbocycles. The van der Waals surface area contributed by atoms with E-state index in [4.69, 9.17) is 21.1 Å². The molecule has 1 aliphatic rings. The van der Waals surface area contributed by atoms with E-state index in [2.05, 4.69) is 15.9 Å². The predicted molar refractivity (Wildman–Crippen MR) is 74.4 cm³/mol. The van der Waals surface area contributed by atoms with Crippen molar-refractivity contribution in [3.05, 3.63) is 57.3 Å². The summed E-state index contributed by atoms with van der Waals surface area (Å²) in [6.45, 7) is 0.266. The minimum atomic E-state index is -0.483. The third-order valence-corrected chi connectivity index (χ3v) is 3.75. The largest absolute Gasteiger partial charge is 0.485 e. The Hall–Kier alpha value is -1.26. The fourth-order valence-electron chi connectivity index (χ4n) is 1.97. The SMILES string of the molecule is Fc1cc(Cl)ccc1C1COc2cccc(Br)c2O1. The molecule has 5 heteroatoms. The van der Waals surface area contributed by atoms with Crippen LogP contribution in [0.2, 0.25) is 5.02 Å². The summed E-state index contributed by atoms with van der Waals surface area (Å²) in [5, 5.41) is 0.361. The van der Waals surface area contributed by atoms with E-state index in [1.807, 2.05) is 18.2 Å². The summed E-state index contributed by atoms with van der Waals surface area (Å²) in [5.74, 6) is 0.852. The lowest BCUT2D eigenvalue weighted by molar-refractivity contribution is 0.0876. The van der Waals surface area contributed by atoms with Crippen LogP contribution in [0, 0.1) is 5.82 Å². The van der Waals surface area contributed by atoms with Crippen LogP contribution in [0.5, 0.6) is 11.5 Å². The van der Waals surface area contributed by atoms with Gasteiger partial charge in [0, 0.05) is 10.6 Å². The molecule has 0 saturated heterocycles. The number of rotatable bonds is 1. The Kier molecular flexibility index (Phi) is 3.37. The second-order valence-corrected chi connectivity index (χ2v) is 5.44. The number of halogens is 3. The van der Waals surface area contributed by atoms with Gasteiger partial charge < -0.3 is 9.47 Å². The van der Waals surface area contributed by atoms with E-state index in [1.165, 1.54) is 6.07 Å². The third kappa shape index (κ3) is 2.42. The second-order valence-electron chi connectivity index (χ2n) is 4.15. The minimum Gasteiger partial charge on any atom is -0.485 e. The van der Waals surface area contributed by atoms with Crippen LogP contribution in [0.4, 0.5) is 4.39 Å². The molecule has 0 N–H and O–H groups in total. The highest BCUT2D eigenvalue weighted by atomic mass is 79.9. The zero-order chi connectivity index (χ0) is 13.4. The van der Waals surface area contributed by atoms with Crippen LogP contribution >= 0.6 is 27.5 Å². The molecule has 19 heavy (non-hydrogen) atoms. The summed E-state index contributed by atoms with van der Waals surface area (Å²) in [6, 6.07) is 10.1. The molecule has 0 spiro atoms. The molecular formula is C14H9BrClFO2. The van der Waals surface area contributed by atoms with Crippen LogP contribution in [0.3, 0.4) is 0 Å². The zero-order valence-electron chi connectivity index (χ0n) is 9.70. The number of ether oxygens (including phenoxy) is 2. The van der Waals surface area contributed by atoms with E-state index >= 15 is 0 Å². The van der Waals surface area contributed by atoms with Gasteiger partial charge in [-0.2, -0.15) is 0 Å². The normalized spacial score (nSPS) is 17.3. The lowest BCUT2D eigenvalue weighted by Gasteiger charge is -2.27. The van der Waals surface area contributed by atoms with Crippen LogP contribution in [0.15, 0.2) is 40.9 Å². The maximum Gasteiger partial charge on any atom is 0.176 e. The van der Waals surface area contributed by atoms with E-state index < -0.39 is 11.9 Å². The average molecular weight is 344 g/mol. The Balaban J connectivity index is 1.95. The molecule has 0 amide bonds.